The smallest absolute Gasteiger partial charge is 0.174 e. The van der Waals surface area contributed by atoms with Crippen LogP contribution in [-0.2, 0) is 5.75 Å². The topological polar surface area (TPSA) is 17.8 Å². The summed E-state index contributed by atoms with van der Waals surface area (Å²) in [6, 6.07) is 12.5. The number of aromatic nitrogens is 2. The highest BCUT2D eigenvalue weighted by Crippen LogP contribution is 2.38. The Labute approximate surface area is 120 Å². The minimum atomic E-state index is 0.795. The normalized spacial score (nSPS) is 13.4. The molecule has 1 aromatic heterocycles. The zero-order valence-corrected chi connectivity index (χ0v) is 11.9. The molecule has 0 atom stereocenters. The summed E-state index contributed by atoms with van der Waals surface area (Å²) in [7, 11) is 0. The third-order valence-electron chi connectivity index (χ3n) is 3.42. The molecule has 2 aromatic carbocycles. The van der Waals surface area contributed by atoms with Gasteiger partial charge in [0.05, 0.1) is 16.7 Å². The number of hydrogen-bond acceptors (Lipinski definition) is 2. The highest BCUT2D eigenvalue weighted by molar-refractivity contribution is 7.98. The lowest BCUT2D eigenvalue weighted by atomic mass is 10.1. The van der Waals surface area contributed by atoms with E-state index in [0.717, 1.165) is 21.4 Å². The van der Waals surface area contributed by atoms with Crippen molar-refractivity contribution in [2.45, 2.75) is 17.8 Å². The lowest BCUT2D eigenvalue weighted by molar-refractivity contribution is 0.894. The van der Waals surface area contributed by atoms with E-state index in [1.165, 1.54) is 22.3 Å². The van der Waals surface area contributed by atoms with Gasteiger partial charge >= 0.3 is 0 Å². The summed E-state index contributed by atoms with van der Waals surface area (Å²) in [4.78, 5) is 4.71. The quantitative estimate of drug-likeness (QED) is 0.601. The number of benzene rings is 2. The van der Waals surface area contributed by atoms with Gasteiger partial charge in [0.15, 0.2) is 5.16 Å². The zero-order chi connectivity index (χ0) is 13.0. The molecule has 2 nitrogen and oxygen atoms in total. The lowest BCUT2D eigenvalue weighted by Crippen LogP contribution is -2.05. The molecule has 0 saturated carbocycles. The minimum absolute atomic E-state index is 0.795. The van der Waals surface area contributed by atoms with E-state index >= 15 is 0 Å². The fraction of sp³-hybridized carbons (Fsp3) is 0.133. The molecule has 0 N–H and O–H groups in total. The molecule has 4 heteroatoms. The number of aryl methyl sites for hydroxylation is 1. The summed E-state index contributed by atoms with van der Waals surface area (Å²) >= 11 is 7.85. The van der Waals surface area contributed by atoms with Crippen molar-refractivity contribution in [2.24, 2.45) is 0 Å². The lowest BCUT2D eigenvalue weighted by Gasteiger charge is -2.18. The third kappa shape index (κ3) is 1.69. The zero-order valence-electron chi connectivity index (χ0n) is 10.4. The van der Waals surface area contributed by atoms with Gasteiger partial charge in [-0.05, 0) is 48.4 Å². The Morgan fingerprint density at radius 1 is 1.21 bits per heavy atom. The third-order valence-corrected chi connectivity index (χ3v) is 4.64. The summed E-state index contributed by atoms with van der Waals surface area (Å²) in [6.07, 6.45) is 0. The monoisotopic (exact) mass is 286 g/mol. The Bertz CT molecular complexity index is 807. The van der Waals surface area contributed by atoms with Crippen molar-refractivity contribution < 1.29 is 0 Å². The van der Waals surface area contributed by atoms with Gasteiger partial charge in [-0.2, -0.15) is 0 Å². The maximum absolute atomic E-state index is 6.09. The van der Waals surface area contributed by atoms with Crippen molar-refractivity contribution in [1.82, 2.24) is 9.55 Å². The average Bonchev–Trinajstić information content (AvgIpc) is 2.76. The number of hydrogen-bond donors (Lipinski definition) is 0. The van der Waals surface area contributed by atoms with Gasteiger partial charge in [-0.3, -0.25) is 4.57 Å². The first kappa shape index (κ1) is 11.4. The largest absolute Gasteiger partial charge is 0.287 e. The van der Waals surface area contributed by atoms with Gasteiger partial charge in [-0.15, -0.1) is 0 Å². The first-order valence-electron chi connectivity index (χ1n) is 6.13. The molecule has 0 aliphatic carbocycles. The Morgan fingerprint density at radius 2 is 2.11 bits per heavy atom. The van der Waals surface area contributed by atoms with Gasteiger partial charge in [-0.25, -0.2) is 4.98 Å². The van der Waals surface area contributed by atoms with Gasteiger partial charge < -0.3 is 0 Å². The predicted molar refractivity (Wildman–Crippen MR) is 80.4 cm³/mol. The van der Waals surface area contributed by atoms with Gasteiger partial charge in [-0.1, -0.05) is 29.4 Å². The number of imidazole rings is 1. The van der Waals surface area contributed by atoms with Crippen molar-refractivity contribution in [2.75, 3.05) is 0 Å². The van der Waals surface area contributed by atoms with Crippen molar-refractivity contribution in [3.63, 3.8) is 0 Å². The number of halogens is 1. The summed E-state index contributed by atoms with van der Waals surface area (Å²) in [6.45, 7) is 2.11. The second kappa shape index (κ2) is 4.02. The fourth-order valence-corrected chi connectivity index (χ4v) is 3.72. The predicted octanol–water partition coefficient (Wildman–Crippen LogP) is 4.59. The number of fused-ring (bicyclic) bond motifs is 5. The van der Waals surface area contributed by atoms with Crippen molar-refractivity contribution in [3.8, 4) is 5.69 Å². The van der Waals surface area contributed by atoms with Crippen LogP contribution in [0.2, 0.25) is 5.02 Å². The molecule has 3 aromatic rings. The Morgan fingerprint density at radius 3 is 3.00 bits per heavy atom. The van der Waals surface area contributed by atoms with Crippen LogP contribution in [0.25, 0.3) is 16.7 Å². The summed E-state index contributed by atoms with van der Waals surface area (Å²) in [5.74, 6) is 0.929. The molecule has 0 radical (unpaired) electrons. The van der Waals surface area contributed by atoms with Crippen LogP contribution in [0.4, 0.5) is 0 Å². The molecule has 2 heterocycles. The molecule has 0 bridgehead atoms. The van der Waals surface area contributed by atoms with E-state index in [1.54, 1.807) is 11.8 Å². The van der Waals surface area contributed by atoms with Gasteiger partial charge in [0, 0.05) is 10.8 Å². The molecular weight excluding hydrogens is 276 g/mol. The standard InChI is InChI=1S/C15H11ClN2S/c1-9-2-4-12-14(6-9)18-13-5-3-11(16)7-10(13)8-19-15(18)17-12/h2-7H,8H2,1H3. The molecule has 94 valence electrons. The van der Waals surface area contributed by atoms with Crippen LogP contribution in [-0.4, -0.2) is 9.55 Å². The van der Waals surface area contributed by atoms with Crippen LogP contribution in [0.3, 0.4) is 0 Å². The fourth-order valence-electron chi connectivity index (χ4n) is 2.52. The van der Waals surface area contributed by atoms with Crippen LogP contribution in [0, 0.1) is 6.92 Å². The van der Waals surface area contributed by atoms with Crippen LogP contribution < -0.4 is 0 Å². The van der Waals surface area contributed by atoms with E-state index in [4.69, 9.17) is 16.6 Å². The first-order chi connectivity index (χ1) is 9.22. The summed E-state index contributed by atoms with van der Waals surface area (Å²) in [5, 5.41) is 1.86. The summed E-state index contributed by atoms with van der Waals surface area (Å²) in [5.41, 5.74) is 5.94. The molecule has 0 spiro atoms. The molecule has 0 amide bonds. The number of nitrogens with zero attached hydrogens (tertiary/aromatic N) is 2. The van der Waals surface area contributed by atoms with E-state index < -0.39 is 0 Å². The molecule has 1 aliphatic rings. The second-order valence-electron chi connectivity index (χ2n) is 4.78. The van der Waals surface area contributed by atoms with Crippen LogP contribution in [0.15, 0.2) is 41.6 Å². The molecule has 0 unspecified atom stereocenters. The average molecular weight is 287 g/mol. The van der Waals surface area contributed by atoms with Crippen molar-refractivity contribution in [1.29, 1.82) is 0 Å². The molecule has 19 heavy (non-hydrogen) atoms. The van der Waals surface area contributed by atoms with Crippen LogP contribution >= 0.6 is 23.4 Å². The highest BCUT2D eigenvalue weighted by Gasteiger charge is 2.20. The molecule has 0 fully saturated rings. The van der Waals surface area contributed by atoms with Crippen molar-refractivity contribution in [3.05, 3.63) is 52.5 Å². The van der Waals surface area contributed by atoms with E-state index in [9.17, 15) is 0 Å². The Kier molecular flexibility index (Phi) is 2.41. The van der Waals surface area contributed by atoms with E-state index in [0.29, 0.717) is 0 Å². The molecule has 0 saturated heterocycles. The number of rotatable bonds is 0. The number of thioether (sulfide) groups is 1. The van der Waals surface area contributed by atoms with E-state index in [1.807, 2.05) is 6.07 Å². The minimum Gasteiger partial charge on any atom is -0.287 e. The van der Waals surface area contributed by atoms with E-state index in [2.05, 4.69) is 41.8 Å². The highest BCUT2D eigenvalue weighted by atomic mass is 35.5. The first-order valence-corrected chi connectivity index (χ1v) is 7.49. The maximum atomic E-state index is 6.09. The second-order valence-corrected chi connectivity index (χ2v) is 6.16. The molecule has 4 rings (SSSR count). The SMILES string of the molecule is Cc1ccc2nc3n(c2c1)-c1ccc(Cl)cc1CS3. The van der Waals surface area contributed by atoms with E-state index in [-0.39, 0.29) is 0 Å². The van der Waals surface area contributed by atoms with Crippen LogP contribution in [0.1, 0.15) is 11.1 Å². The Hall–Kier alpha value is -1.45. The molecule has 1 aliphatic heterocycles. The Balaban J connectivity index is 2.09. The summed E-state index contributed by atoms with van der Waals surface area (Å²) < 4.78 is 2.24. The van der Waals surface area contributed by atoms with Crippen molar-refractivity contribution >= 4 is 34.4 Å². The molecular formula is C15H11ClN2S. The van der Waals surface area contributed by atoms with Gasteiger partial charge in [0.1, 0.15) is 0 Å². The van der Waals surface area contributed by atoms with Gasteiger partial charge in [0.2, 0.25) is 0 Å². The maximum Gasteiger partial charge on any atom is 0.174 e. The van der Waals surface area contributed by atoms with Crippen LogP contribution in [0.5, 0.6) is 0 Å². The van der Waals surface area contributed by atoms with Gasteiger partial charge in [0.25, 0.3) is 0 Å².